The minimum atomic E-state index is -0.739. The quantitative estimate of drug-likeness (QED) is 0.516. The van der Waals surface area contributed by atoms with E-state index in [0.717, 1.165) is 6.07 Å². The molecule has 0 spiro atoms. The second-order valence-corrected chi connectivity index (χ2v) is 2.76. The third kappa shape index (κ3) is 2.28. The first kappa shape index (κ1) is 11.5. The zero-order valence-corrected chi connectivity index (χ0v) is 8.37. The van der Waals surface area contributed by atoms with Gasteiger partial charge in [-0.05, 0) is 0 Å². The molecule has 0 atom stereocenters. The van der Waals surface area contributed by atoms with Crippen molar-refractivity contribution in [2.24, 2.45) is 0 Å². The van der Waals surface area contributed by atoms with E-state index in [4.69, 9.17) is 0 Å². The normalized spacial score (nSPS) is 10.3. The average Bonchev–Trinajstić information content (AvgIpc) is 2.23. The fourth-order valence-corrected chi connectivity index (χ4v) is 1.12. The maximum absolute atomic E-state index is 13.5. The number of hydroxylamine groups is 1. The number of nitrogens with one attached hydrogen (secondary N) is 1. The molecule has 0 unspecified atom stereocenters. The summed E-state index contributed by atoms with van der Waals surface area (Å²) in [5.41, 5.74) is 2.24. The molecule has 0 saturated heterocycles. The van der Waals surface area contributed by atoms with Crippen molar-refractivity contribution in [3.8, 4) is 17.2 Å². The van der Waals surface area contributed by atoms with Crippen LogP contribution in [0.15, 0.2) is 6.07 Å². The summed E-state index contributed by atoms with van der Waals surface area (Å²) in [6, 6.07) is 1.00. The van der Waals surface area contributed by atoms with E-state index in [0.29, 0.717) is 0 Å². The van der Waals surface area contributed by atoms with Crippen LogP contribution in [0.1, 0.15) is 5.56 Å². The van der Waals surface area contributed by atoms with Gasteiger partial charge in [0.05, 0.1) is 26.3 Å². The highest BCUT2D eigenvalue weighted by Gasteiger charge is 2.17. The Labute approximate surface area is 86.0 Å². The van der Waals surface area contributed by atoms with E-state index in [1.54, 1.807) is 0 Å². The lowest BCUT2D eigenvalue weighted by Crippen LogP contribution is -2.12. The van der Waals surface area contributed by atoms with Crippen LogP contribution in [-0.2, 0) is 11.4 Å². The number of rotatable bonds is 4. The molecule has 6 heteroatoms. The fraction of sp³-hybridized carbons (Fsp3) is 0.333. The highest BCUT2D eigenvalue weighted by atomic mass is 19.1. The zero-order valence-electron chi connectivity index (χ0n) is 8.37. The number of methoxy groups -OCH3 is 1. The first-order chi connectivity index (χ1) is 7.11. The molecule has 0 aromatic heterocycles. The number of ether oxygens (including phenoxy) is 1. The Morgan fingerprint density at radius 1 is 1.40 bits per heavy atom. The number of phenols is 2. The lowest BCUT2D eigenvalue weighted by Gasteiger charge is -2.11. The van der Waals surface area contributed by atoms with Gasteiger partial charge in [-0.15, -0.1) is 0 Å². The van der Waals surface area contributed by atoms with Crippen LogP contribution >= 0.6 is 0 Å². The molecular weight excluding hydrogens is 205 g/mol. The molecule has 1 rings (SSSR count). The van der Waals surface area contributed by atoms with E-state index in [1.807, 2.05) is 0 Å². The Bertz CT molecular complexity index is 356. The van der Waals surface area contributed by atoms with Gasteiger partial charge in [0.1, 0.15) is 0 Å². The SMILES string of the molecule is CONCc1c(O)c(O)cc(OC)c1F. The Morgan fingerprint density at radius 2 is 2.07 bits per heavy atom. The van der Waals surface area contributed by atoms with E-state index < -0.39 is 17.3 Å². The summed E-state index contributed by atoms with van der Waals surface area (Å²) in [5, 5.41) is 18.7. The molecule has 0 aliphatic rings. The Morgan fingerprint density at radius 3 is 2.60 bits per heavy atom. The smallest absolute Gasteiger partial charge is 0.173 e. The first-order valence-corrected chi connectivity index (χ1v) is 4.15. The van der Waals surface area contributed by atoms with Crippen molar-refractivity contribution in [3.63, 3.8) is 0 Å². The number of hydrogen-bond acceptors (Lipinski definition) is 5. The molecule has 3 N–H and O–H groups in total. The van der Waals surface area contributed by atoms with Gasteiger partial charge in [0.25, 0.3) is 0 Å². The van der Waals surface area contributed by atoms with Crippen LogP contribution < -0.4 is 10.2 Å². The molecular formula is C9H12FNO4. The fourth-order valence-electron chi connectivity index (χ4n) is 1.12. The number of benzene rings is 1. The maximum Gasteiger partial charge on any atom is 0.173 e. The molecule has 0 fully saturated rings. The summed E-state index contributed by atoms with van der Waals surface area (Å²) in [6.07, 6.45) is 0. The molecule has 0 radical (unpaired) electrons. The monoisotopic (exact) mass is 217 g/mol. The molecule has 0 aliphatic heterocycles. The minimum absolute atomic E-state index is 0.0844. The predicted molar refractivity (Wildman–Crippen MR) is 50.1 cm³/mol. The van der Waals surface area contributed by atoms with E-state index in [-0.39, 0.29) is 17.9 Å². The van der Waals surface area contributed by atoms with Gasteiger partial charge >= 0.3 is 0 Å². The summed E-state index contributed by atoms with van der Waals surface area (Å²) in [6.45, 7) is -0.0844. The zero-order chi connectivity index (χ0) is 11.4. The molecule has 1 aromatic carbocycles. The van der Waals surface area contributed by atoms with Crippen LogP contribution in [0.5, 0.6) is 17.2 Å². The predicted octanol–water partition coefficient (Wildman–Crippen LogP) is 0.896. The van der Waals surface area contributed by atoms with Crippen molar-refractivity contribution in [1.82, 2.24) is 5.48 Å². The third-order valence-corrected chi connectivity index (χ3v) is 1.89. The van der Waals surface area contributed by atoms with Crippen molar-refractivity contribution in [3.05, 3.63) is 17.4 Å². The van der Waals surface area contributed by atoms with Gasteiger partial charge in [0.15, 0.2) is 23.1 Å². The van der Waals surface area contributed by atoms with Gasteiger partial charge in [0, 0.05) is 6.07 Å². The van der Waals surface area contributed by atoms with Crippen molar-refractivity contribution in [2.45, 2.75) is 6.54 Å². The standard InChI is InChI=1S/C9H12FNO4/c1-14-7-3-6(12)9(13)5(8(7)10)4-11-15-2/h3,11-13H,4H2,1-2H3. The summed E-state index contributed by atoms with van der Waals surface area (Å²) in [7, 11) is 2.62. The Balaban J connectivity index is 3.15. The second-order valence-electron chi connectivity index (χ2n) is 2.76. The lowest BCUT2D eigenvalue weighted by atomic mass is 10.1. The molecule has 0 aliphatic carbocycles. The van der Waals surface area contributed by atoms with Crippen LogP contribution in [0.2, 0.25) is 0 Å². The summed E-state index contributed by atoms with van der Waals surface area (Å²) >= 11 is 0. The Kier molecular flexibility index (Phi) is 3.70. The van der Waals surface area contributed by atoms with Gasteiger partial charge in [-0.2, -0.15) is 5.48 Å². The van der Waals surface area contributed by atoms with E-state index in [1.165, 1.54) is 14.2 Å². The highest BCUT2D eigenvalue weighted by Crippen LogP contribution is 2.36. The van der Waals surface area contributed by atoms with Gasteiger partial charge in [-0.3, -0.25) is 0 Å². The van der Waals surface area contributed by atoms with Gasteiger partial charge in [-0.25, -0.2) is 4.39 Å². The molecule has 0 bridgehead atoms. The summed E-state index contributed by atoms with van der Waals surface area (Å²) in [4.78, 5) is 4.52. The number of aromatic hydroxyl groups is 2. The largest absolute Gasteiger partial charge is 0.504 e. The minimum Gasteiger partial charge on any atom is -0.504 e. The molecule has 0 amide bonds. The molecule has 0 heterocycles. The number of hydrogen-bond donors (Lipinski definition) is 3. The second kappa shape index (κ2) is 4.81. The lowest BCUT2D eigenvalue weighted by molar-refractivity contribution is 0.0850. The van der Waals surface area contributed by atoms with Crippen molar-refractivity contribution in [1.29, 1.82) is 0 Å². The number of phenolic OH excluding ortho intramolecular Hbond substituents is 2. The summed E-state index contributed by atoms with van der Waals surface area (Å²) in [5.74, 6) is -1.85. The highest BCUT2D eigenvalue weighted by molar-refractivity contribution is 5.51. The molecule has 0 saturated carbocycles. The van der Waals surface area contributed by atoms with Crippen LogP contribution in [0.4, 0.5) is 4.39 Å². The third-order valence-electron chi connectivity index (χ3n) is 1.89. The average molecular weight is 217 g/mol. The number of halogens is 1. The summed E-state index contributed by atoms with van der Waals surface area (Å²) < 4.78 is 18.2. The van der Waals surface area contributed by atoms with Crippen molar-refractivity contribution >= 4 is 0 Å². The Hall–Kier alpha value is -1.53. The van der Waals surface area contributed by atoms with Crippen LogP contribution in [-0.4, -0.2) is 24.4 Å². The maximum atomic E-state index is 13.5. The van der Waals surface area contributed by atoms with E-state index >= 15 is 0 Å². The molecule has 5 nitrogen and oxygen atoms in total. The van der Waals surface area contributed by atoms with Crippen LogP contribution in [0.3, 0.4) is 0 Å². The van der Waals surface area contributed by atoms with Crippen molar-refractivity contribution < 1.29 is 24.2 Å². The topological polar surface area (TPSA) is 71.0 Å². The van der Waals surface area contributed by atoms with Gasteiger partial charge in [-0.1, -0.05) is 0 Å². The van der Waals surface area contributed by atoms with Gasteiger partial charge < -0.3 is 19.8 Å². The first-order valence-electron chi connectivity index (χ1n) is 4.15. The van der Waals surface area contributed by atoms with Crippen LogP contribution in [0, 0.1) is 5.82 Å². The van der Waals surface area contributed by atoms with Crippen LogP contribution in [0.25, 0.3) is 0 Å². The molecule has 15 heavy (non-hydrogen) atoms. The molecule has 84 valence electrons. The van der Waals surface area contributed by atoms with Gasteiger partial charge in [0.2, 0.25) is 0 Å². The van der Waals surface area contributed by atoms with E-state index in [2.05, 4.69) is 15.1 Å². The molecule has 1 aromatic rings. The van der Waals surface area contributed by atoms with E-state index in [9.17, 15) is 14.6 Å². The van der Waals surface area contributed by atoms with Crippen molar-refractivity contribution in [2.75, 3.05) is 14.2 Å².